The predicted octanol–water partition coefficient (Wildman–Crippen LogP) is 4.62. The summed E-state index contributed by atoms with van der Waals surface area (Å²) in [6.45, 7) is 17.9. The lowest BCUT2D eigenvalue weighted by atomic mass is 9.69. The second kappa shape index (κ2) is 10.6. The molecule has 0 N–H and O–H groups in total. The maximum Gasteiger partial charge on any atom is 0.350 e. The highest BCUT2D eigenvalue weighted by molar-refractivity contribution is 5.84. The largest absolute Gasteiger partial charge is 0.454 e. The van der Waals surface area contributed by atoms with E-state index in [0.29, 0.717) is 6.42 Å². The van der Waals surface area contributed by atoms with Crippen LogP contribution in [0.5, 0.6) is 0 Å². The standard InChI is InChI=1S/C30H44O9/c1-16(2)30(9,15-28(3,4)5)27(33)34-14-19(31)35-22-20-21(36-24(22)32)23-26(37-20)39-25(38-23)17-10-12-18(13-11-17)29(6,7)8/h10,12,16,20-23,25-26H,11,13-15H2,1-9H3. The highest BCUT2D eigenvalue weighted by Crippen LogP contribution is 2.44. The van der Waals surface area contributed by atoms with Crippen molar-refractivity contribution in [2.75, 3.05) is 6.61 Å². The topological polar surface area (TPSA) is 107 Å². The van der Waals surface area contributed by atoms with Gasteiger partial charge in [0, 0.05) is 0 Å². The highest BCUT2D eigenvalue weighted by Gasteiger charge is 2.63. The van der Waals surface area contributed by atoms with Gasteiger partial charge in [-0.25, -0.2) is 9.59 Å². The lowest BCUT2D eigenvalue weighted by molar-refractivity contribution is -0.184. The molecule has 3 heterocycles. The van der Waals surface area contributed by atoms with E-state index in [0.717, 1.165) is 18.4 Å². The molecule has 7 unspecified atom stereocenters. The number of esters is 3. The average Bonchev–Trinajstić information content (AvgIpc) is 3.46. The molecule has 218 valence electrons. The molecule has 4 aliphatic rings. The van der Waals surface area contributed by atoms with Crippen molar-refractivity contribution in [1.82, 2.24) is 0 Å². The summed E-state index contributed by atoms with van der Waals surface area (Å²) in [6.07, 6.45) is 1.63. The molecule has 3 saturated heterocycles. The van der Waals surface area contributed by atoms with Gasteiger partial charge in [0.1, 0.15) is 6.10 Å². The molecule has 0 saturated carbocycles. The summed E-state index contributed by atoms with van der Waals surface area (Å²) in [6, 6.07) is 0. The van der Waals surface area contributed by atoms with Crippen LogP contribution < -0.4 is 0 Å². The molecular weight excluding hydrogens is 504 g/mol. The molecule has 0 amide bonds. The Morgan fingerprint density at radius 2 is 1.64 bits per heavy atom. The minimum Gasteiger partial charge on any atom is -0.454 e. The fourth-order valence-electron chi connectivity index (χ4n) is 5.76. The number of carbonyl (C=O) groups is 3. The number of rotatable bonds is 7. The van der Waals surface area contributed by atoms with E-state index in [2.05, 4.69) is 47.6 Å². The van der Waals surface area contributed by atoms with Crippen molar-refractivity contribution >= 4 is 17.9 Å². The van der Waals surface area contributed by atoms with Crippen molar-refractivity contribution < 1.29 is 42.8 Å². The summed E-state index contributed by atoms with van der Waals surface area (Å²) in [7, 11) is 0. The maximum atomic E-state index is 12.9. The van der Waals surface area contributed by atoms with Crippen molar-refractivity contribution in [3.05, 3.63) is 23.3 Å². The molecule has 3 fully saturated rings. The van der Waals surface area contributed by atoms with Gasteiger partial charge in [0.25, 0.3) is 0 Å². The van der Waals surface area contributed by atoms with Crippen LogP contribution >= 0.6 is 0 Å². The SMILES string of the molecule is CC(C)C(C)(CC(C)(C)C)C(=O)OCC(=O)OC1C(=O)OC2C3OC(C4=CC=C(C(C)(C)C)CC4)OC3OC12. The third-order valence-electron chi connectivity index (χ3n) is 8.19. The van der Waals surface area contributed by atoms with Gasteiger partial charge in [0.2, 0.25) is 6.10 Å². The monoisotopic (exact) mass is 548 g/mol. The molecule has 0 spiro atoms. The highest BCUT2D eigenvalue weighted by atomic mass is 16.8. The van der Waals surface area contributed by atoms with Gasteiger partial charge in [-0.3, -0.25) is 4.79 Å². The van der Waals surface area contributed by atoms with Crippen LogP contribution in [0.25, 0.3) is 0 Å². The Labute approximate surface area is 231 Å². The lowest BCUT2D eigenvalue weighted by Gasteiger charge is -2.36. The quantitative estimate of drug-likeness (QED) is 0.333. The van der Waals surface area contributed by atoms with Gasteiger partial charge in [0.15, 0.2) is 31.4 Å². The molecule has 39 heavy (non-hydrogen) atoms. The Balaban J connectivity index is 1.32. The van der Waals surface area contributed by atoms with Crippen LogP contribution in [0.15, 0.2) is 23.3 Å². The molecule has 9 nitrogen and oxygen atoms in total. The van der Waals surface area contributed by atoms with E-state index in [9.17, 15) is 14.4 Å². The van der Waals surface area contributed by atoms with Crippen LogP contribution in [0, 0.1) is 22.2 Å². The number of allylic oxidation sites excluding steroid dienone is 3. The number of carbonyl (C=O) groups excluding carboxylic acids is 3. The minimum absolute atomic E-state index is 0.00174. The van der Waals surface area contributed by atoms with E-state index in [1.165, 1.54) is 5.57 Å². The van der Waals surface area contributed by atoms with E-state index >= 15 is 0 Å². The van der Waals surface area contributed by atoms with E-state index in [4.69, 9.17) is 28.4 Å². The predicted molar refractivity (Wildman–Crippen MR) is 141 cm³/mol. The molecule has 9 heteroatoms. The molecule has 0 radical (unpaired) electrons. The second-order valence-electron chi connectivity index (χ2n) is 13.9. The van der Waals surface area contributed by atoms with Crippen LogP contribution in [-0.2, 0) is 42.8 Å². The molecule has 4 rings (SSSR count). The summed E-state index contributed by atoms with van der Waals surface area (Å²) in [5.41, 5.74) is 1.60. The Bertz CT molecular complexity index is 1040. The molecule has 7 atom stereocenters. The molecule has 0 aromatic heterocycles. The fourth-order valence-corrected chi connectivity index (χ4v) is 5.76. The molecule has 3 aliphatic heterocycles. The smallest absolute Gasteiger partial charge is 0.350 e. The first-order valence-electron chi connectivity index (χ1n) is 13.9. The summed E-state index contributed by atoms with van der Waals surface area (Å²) >= 11 is 0. The zero-order valence-corrected chi connectivity index (χ0v) is 24.7. The van der Waals surface area contributed by atoms with E-state index in [1.807, 2.05) is 26.8 Å². The van der Waals surface area contributed by atoms with Gasteiger partial charge < -0.3 is 28.4 Å². The van der Waals surface area contributed by atoms with Crippen molar-refractivity contribution in [2.45, 2.75) is 119 Å². The number of ether oxygens (including phenoxy) is 6. The first kappa shape index (κ1) is 29.7. The van der Waals surface area contributed by atoms with E-state index in [1.54, 1.807) is 0 Å². The average molecular weight is 549 g/mol. The number of hydrogen-bond acceptors (Lipinski definition) is 9. The van der Waals surface area contributed by atoms with Crippen LogP contribution in [0.3, 0.4) is 0 Å². The molecular formula is C30H44O9. The van der Waals surface area contributed by atoms with Crippen LogP contribution in [0.1, 0.15) is 81.6 Å². The van der Waals surface area contributed by atoms with Gasteiger partial charge in [-0.2, -0.15) is 0 Å². The van der Waals surface area contributed by atoms with Gasteiger partial charge in [-0.15, -0.1) is 0 Å². The van der Waals surface area contributed by atoms with Gasteiger partial charge in [-0.05, 0) is 48.5 Å². The number of hydrogen-bond donors (Lipinski definition) is 0. The zero-order chi connectivity index (χ0) is 28.9. The van der Waals surface area contributed by atoms with Gasteiger partial charge in [0.05, 0.1) is 5.41 Å². The number of fused-ring (bicyclic) bond motifs is 3. The van der Waals surface area contributed by atoms with E-state index in [-0.39, 0.29) is 16.7 Å². The summed E-state index contributed by atoms with van der Waals surface area (Å²) in [5.74, 6) is -2.04. The molecule has 0 aromatic rings. The van der Waals surface area contributed by atoms with Crippen molar-refractivity contribution in [2.24, 2.45) is 22.2 Å². The summed E-state index contributed by atoms with van der Waals surface area (Å²) in [4.78, 5) is 38.1. The van der Waals surface area contributed by atoms with Crippen LogP contribution in [0.2, 0.25) is 0 Å². The lowest BCUT2D eigenvalue weighted by Crippen LogP contribution is -2.40. The molecule has 0 bridgehead atoms. The van der Waals surface area contributed by atoms with Gasteiger partial charge >= 0.3 is 17.9 Å². The van der Waals surface area contributed by atoms with E-state index < -0.39 is 66.9 Å². The Morgan fingerprint density at radius 1 is 0.949 bits per heavy atom. The van der Waals surface area contributed by atoms with Crippen molar-refractivity contribution in [1.29, 1.82) is 0 Å². The summed E-state index contributed by atoms with van der Waals surface area (Å²) in [5, 5.41) is 0. The summed E-state index contributed by atoms with van der Waals surface area (Å²) < 4.78 is 34.3. The third-order valence-corrected chi connectivity index (χ3v) is 8.19. The molecule has 0 aromatic carbocycles. The zero-order valence-electron chi connectivity index (χ0n) is 24.7. The normalized spacial score (nSPS) is 32.1. The Hall–Kier alpha value is -2.23. The third kappa shape index (κ3) is 6.25. The Morgan fingerprint density at radius 3 is 2.21 bits per heavy atom. The fraction of sp³-hybridized carbons (Fsp3) is 0.767. The first-order chi connectivity index (χ1) is 18.0. The first-order valence-corrected chi connectivity index (χ1v) is 13.9. The maximum absolute atomic E-state index is 12.9. The molecule has 1 aliphatic carbocycles. The van der Waals surface area contributed by atoms with Crippen LogP contribution in [-0.4, -0.2) is 61.5 Å². The van der Waals surface area contributed by atoms with Gasteiger partial charge in [-0.1, -0.05) is 73.1 Å². The second-order valence-corrected chi connectivity index (χ2v) is 13.9. The van der Waals surface area contributed by atoms with Crippen LogP contribution in [0.4, 0.5) is 0 Å². The van der Waals surface area contributed by atoms with Crippen molar-refractivity contribution in [3.8, 4) is 0 Å². The Kier molecular flexibility index (Phi) is 8.11. The van der Waals surface area contributed by atoms with Crippen molar-refractivity contribution in [3.63, 3.8) is 0 Å². The minimum atomic E-state index is -1.28.